The van der Waals surface area contributed by atoms with E-state index >= 15 is 0 Å². The Morgan fingerprint density at radius 1 is 0.889 bits per heavy atom. The van der Waals surface area contributed by atoms with E-state index in [1.807, 2.05) is 0 Å². The third-order valence-electron chi connectivity index (χ3n) is 2.26. The molecule has 0 bridgehead atoms. The molecule has 0 aliphatic carbocycles. The highest BCUT2D eigenvalue weighted by molar-refractivity contribution is 5.73. The van der Waals surface area contributed by atoms with Crippen LogP contribution in [0.2, 0.25) is 0 Å². The Morgan fingerprint density at radius 2 is 1.50 bits per heavy atom. The molecule has 2 aromatic carbocycles. The van der Waals surface area contributed by atoms with Gasteiger partial charge in [-0.05, 0) is 24.3 Å². The number of nitrogens with one attached hydrogen (secondary N) is 1. The van der Waals surface area contributed by atoms with Crippen molar-refractivity contribution < 1.29 is 17.6 Å². The third-order valence-corrected chi connectivity index (χ3v) is 2.26. The zero-order valence-corrected chi connectivity index (χ0v) is 8.98. The molecule has 3 N–H and O–H groups in total. The van der Waals surface area contributed by atoms with Crippen molar-refractivity contribution in [3.63, 3.8) is 0 Å². The number of hydrogen-bond acceptors (Lipinski definition) is 2. The number of nitrogens with two attached hydrogens (primary N) is 1. The predicted molar refractivity (Wildman–Crippen MR) is 60.4 cm³/mol. The summed E-state index contributed by atoms with van der Waals surface area (Å²) in [5, 5.41) is 2.34. The standard InChI is InChI=1S/C12H8F4N2/c13-6-3-7(14)5-8(4-6)18-12-10(17)2-1-9(15)11(12)16/h1-5,18H,17H2. The van der Waals surface area contributed by atoms with Gasteiger partial charge in [0.2, 0.25) is 0 Å². The van der Waals surface area contributed by atoms with Crippen LogP contribution in [0, 0.1) is 23.3 Å². The average molecular weight is 256 g/mol. The Morgan fingerprint density at radius 3 is 2.11 bits per heavy atom. The van der Waals surface area contributed by atoms with E-state index in [0.29, 0.717) is 6.07 Å². The van der Waals surface area contributed by atoms with Crippen molar-refractivity contribution in [2.45, 2.75) is 0 Å². The van der Waals surface area contributed by atoms with Crippen molar-refractivity contribution in [3.05, 3.63) is 53.6 Å². The van der Waals surface area contributed by atoms with Crippen LogP contribution in [0.25, 0.3) is 0 Å². The first-order chi connectivity index (χ1) is 8.47. The summed E-state index contributed by atoms with van der Waals surface area (Å²) >= 11 is 0. The Hall–Kier alpha value is -2.24. The highest BCUT2D eigenvalue weighted by Crippen LogP contribution is 2.28. The van der Waals surface area contributed by atoms with Gasteiger partial charge < -0.3 is 11.1 Å². The molecule has 0 aliphatic rings. The van der Waals surface area contributed by atoms with Gasteiger partial charge in [0.1, 0.15) is 17.3 Å². The maximum Gasteiger partial charge on any atom is 0.184 e. The van der Waals surface area contributed by atoms with Crippen molar-refractivity contribution in [2.75, 3.05) is 11.1 Å². The lowest BCUT2D eigenvalue weighted by atomic mass is 10.2. The minimum Gasteiger partial charge on any atom is -0.397 e. The zero-order chi connectivity index (χ0) is 13.3. The molecule has 0 radical (unpaired) electrons. The average Bonchev–Trinajstić information content (AvgIpc) is 2.28. The number of benzene rings is 2. The topological polar surface area (TPSA) is 38.0 Å². The molecular weight excluding hydrogens is 248 g/mol. The monoisotopic (exact) mass is 256 g/mol. The van der Waals surface area contributed by atoms with Gasteiger partial charge in [0.05, 0.1) is 5.69 Å². The maximum absolute atomic E-state index is 13.4. The van der Waals surface area contributed by atoms with Crippen LogP contribution < -0.4 is 11.1 Å². The van der Waals surface area contributed by atoms with Crippen molar-refractivity contribution in [1.29, 1.82) is 0 Å². The summed E-state index contributed by atoms with van der Waals surface area (Å²) in [4.78, 5) is 0. The second-order valence-corrected chi connectivity index (χ2v) is 3.61. The fourth-order valence-electron chi connectivity index (χ4n) is 1.46. The van der Waals surface area contributed by atoms with Crippen molar-refractivity contribution in [3.8, 4) is 0 Å². The molecule has 0 unspecified atom stereocenters. The molecule has 0 aliphatic heterocycles. The van der Waals surface area contributed by atoms with Gasteiger partial charge in [-0.1, -0.05) is 0 Å². The fraction of sp³-hybridized carbons (Fsp3) is 0. The molecule has 0 aromatic heterocycles. The molecule has 2 nitrogen and oxygen atoms in total. The molecule has 0 heterocycles. The van der Waals surface area contributed by atoms with E-state index < -0.39 is 23.3 Å². The first-order valence-electron chi connectivity index (χ1n) is 4.94. The smallest absolute Gasteiger partial charge is 0.184 e. The highest BCUT2D eigenvalue weighted by atomic mass is 19.2. The third kappa shape index (κ3) is 2.37. The number of nitrogen functional groups attached to an aromatic ring is 1. The van der Waals surface area contributed by atoms with Gasteiger partial charge >= 0.3 is 0 Å². The molecule has 2 rings (SSSR count). The van der Waals surface area contributed by atoms with Crippen LogP contribution in [-0.2, 0) is 0 Å². The second kappa shape index (κ2) is 4.56. The van der Waals surface area contributed by atoms with E-state index in [1.165, 1.54) is 0 Å². The van der Waals surface area contributed by atoms with E-state index in [9.17, 15) is 17.6 Å². The molecule has 94 valence electrons. The first-order valence-corrected chi connectivity index (χ1v) is 4.94. The minimum absolute atomic E-state index is 0.0660. The SMILES string of the molecule is Nc1ccc(F)c(F)c1Nc1cc(F)cc(F)c1. The van der Waals surface area contributed by atoms with Crippen LogP contribution in [0.15, 0.2) is 30.3 Å². The predicted octanol–water partition coefficient (Wildman–Crippen LogP) is 3.57. The molecule has 0 atom stereocenters. The van der Waals surface area contributed by atoms with Crippen LogP contribution in [0.5, 0.6) is 0 Å². The molecule has 0 saturated heterocycles. The maximum atomic E-state index is 13.4. The Kier molecular flexibility index (Phi) is 3.10. The zero-order valence-electron chi connectivity index (χ0n) is 8.98. The van der Waals surface area contributed by atoms with E-state index in [2.05, 4.69) is 5.32 Å². The molecule has 0 spiro atoms. The fourth-order valence-corrected chi connectivity index (χ4v) is 1.46. The summed E-state index contributed by atoms with van der Waals surface area (Å²) in [7, 11) is 0. The van der Waals surface area contributed by atoms with Gasteiger partial charge in [-0.15, -0.1) is 0 Å². The summed E-state index contributed by atoms with van der Waals surface area (Å²) in [5.41, 5.74) is 4.96. The van der Waals surface area contributed by atoms with Crippen LogP contribution in [0.1, 0.15) is 0 Å². The molecule has 0 saturated carbocycles. The second-order valence-electron chi connectivity index (χ2n) is 3.61. The van der Waals surface area contributed by atoms with Gasteiger partial charge in [0, 0.05) is 11.8 Å². The van der Waals surface area contributed by atoms with Crippen molar-refractivity contribution in [1.82, 2.24) is 0 Å². The summed E-state index contributed by atoms with van der Waals surface area (Å²) < 4.78 is 52.3. The van der Waals surface area contributed by atoms with Gasteiger partial charge in [-0.2, -0.15) is 0 Å². The highest BCUT2D eigenvalue weighted by Gasteiger charge is 2.12. The Balaban J connectivity index is 2.42. The minimum atomic E-state index is -1.21. The van der Waals surface area contributed by atoms with Gasteiger partial charge in [0.15, 0.2) is 11.6 Å². The lowest BCUT2D eigenvalue weighted by molar-refractivity contribution is 0.512. The summed E-state index contributed by atoms with van der Waals surface area (Å²) in [6, 6.07) is 4.55. The lowest BCUT2D eigenvalue weighted by Gasteiger charge is -2.11. The van der Waals surface area contributed by atoms with Crippen molar-refractivity contribution in [2.24, 2.45) is 0 Å². The number of halogens is 4. The molecule has 2 aromatic rings. The number of rotatable bonds is 2. The summed E-state index contributed by atoms with van der Waals surface area (Å²) in [6.07, 6.45) is 0. The van der Waals surface area contributed by atoms with Gasteiger partial charge in [0.25, 0.3) is 0 Å². The molecule has 18 heavy (non-hydrogen) atoms. The largest absolute Gasteiger partial charge is 0.397 e. The normalized spacial score (nSPS) is 10.4. The van der Waals surface area contributed by atoms with Gasteiger partial charge in [-0.3, -0.25) is 0 Å². The molecule has 6 heteroatoms. The van der Waals surface area contributed by atoms with Crippen LogP contribution in [0.4, 0.5) is 34.6 Å². The quantitative estimate of drug-likeness (QED) is 0.636. The van der Waals surface area contributed by atoms with Crippen LogP contribution >= 0.6 is 0 Å². The summed E-state index contributed by atoms with van der Waals surface area (Å²) in [5.74, 6) is -4.00. The molecule has 0 amide bonds. The van der Waals surface area contributed by atoms with E-state index in [-0.39, 0.29) is 17.1 Å². The van der Waals surface area contributed by atoms with Crippen LogP contribution in [-0.4, -0.2) is 0 Å². The van der Waals surface area contributed by atoms with Gasteiger partial charge in [-0.25, -0.2) is 17.6 Å². The van der Waals surface area contributed by atoms with Crippen molar-refractivity contribution >= 4 is 17.1 Å². The Bertz CT molecular complexity index is 579. The summed E-state index contributed by atoms with van der Waals surface area (Å²) in [6.45, 7) is 0. The lowest BCUT2D eigenvalue weighted by Crippen LogP contribution is -2.02. The number of hydrogen-bond donors (Lipinski definition) is 2. The van der Waals surface area contributed by atoms with E-state index in [0.717, 1.165) is 24.3 Å². The van der Waals surface area contributed by atoms with E-state index in [4.69, 9.17) is 5.73 Å². The Labute approximate surface area is 100 Å². The molecular formula is C12H8F4N2. The first kappa shape index (κ1) is 12.2. The molecule has 0 fully saturated rings. The number of anilines is 3. The van der Waals surface area contributed by atoms with E-state index in [1.54, 1.807) is 0 Å². The van der Waals surface area contributed by atoms with Crippen LogP contribution in [0.3, 0.4) is 0 Å².